The molecule has 0 amide bonds. The lowest BCUT2D eigenvalue weighted by Gasteiger charge is -1.87. The molecular formula is C6H7N3O3. The molecule has 0 unspecified atom stereocenters. The molecule has 1 rings (SSSR count). The number of carbonyl (C=O) groups is 1. The highest BCUT2D eigenvalue weighted by molar-refractivity contribution is 5.76. The topological polar surface area (TPSA) is 78.0 Å². The Morgan fingerprint density at radius 3 is 2.50 bits per heavy atom. The Balaban J connectivity index is 3.35. The summed E-state index contributed by atoms with van der Waals surface area (Å²) in [6.07, 6.45) is 0.551. The molecule has 0 fully saturated rings. The second-order valence-corrected chi connectivity index (χ2v) is 2.33. The van der Waals surface area contributed by atoms with Crippen LogP contribution >= 0.6 is 0 Å². The number of aldehydes is 1. The van der Waals surface area contributed by atoms with Crippen LogP contribution in [0, 0.1) is 17.0 Å². The molecule has 1 heterocycles. The number of hydrogen-bond donors (Lipinski definition) is 0. The molecule has 1 aromatic heterocycles. The van der Waals surface area contributed by atoms with E-state index in [-0.39, 0.29) is 11.5 Å². The first-order valence-electron chi connectivity index (χ1n) is 3.21. The molecule has 0 spiro atoms. The third-order valence-corrected chi connectivity index (χ3v) is 1.60. The van der Waals surface area contributed by atoms with Crippen molar-refractivity contribution in [3.63, 3.8) is 0 Å². The highest BCUT2D eigenvalue weighted by Crippen LogP contribution is 2.17. The normalized spacial score (nSPS) is 9.83. The number of nitrogens with zero attached hydrogens (tertiary/aromatic N) is 3. The predicted molar refractivity (Wildman–Crippen MR) is 40.0 cm³/mol. The van der Waals surface area contributed by atoms with Crippen molar-refractivity contribution < 1.29 is 9.72 Å². The van der Waals surface area contributed by atoms with Crippen LogP contribution in [-0.4, -0.2) is 21.0 Å². The van der Waals surface area contributed by atoms with Gasteiger partial charge in [0.15, 0.2) is 6.29 Å². The maximum absolute atomic E-state index is 10.4. The standard InChI is InChI=1S/C6H7N3O3/c1-4-5(3-10)8(2)7-6(4)9(11)12/h3H,1-2H3. The summed E-state index contributed by atoms with van der Waals surface area (Å²) >= 11 is 0. The van der Waals surface area contributed by atoms with Crippen LogP contribution in [0.3, 0.4) is 0 Å². The highest BCUT2D eigenvalue weighted by Gasteiger charge is 2.21. The summed E-state index contributed by atoms with van der Waals surface area (Å²) in [5, 5.41) is 13.9. The highest BCUT2D eigenvalue weighted by atomic mass is 16.6. The van der Waals surface area contributed by atoms with Crippen molar-refractivity contribution in [3.05, 3.63) is 21.4 Å². The van der Waals surface area contributed by atoms with E-state index in [2.05, 4.69) is 5.10 Å². The van der Waals surface area contributed by atoms with E-state index in [1.165, 1.54) is 18.7 Å². The minimum absolute atomic E-state index is 0.238. The molecule has 0 radical (unpaired) electrons. The Bertz CT molecular complexity index is 342. The van der Waals surface area contributed by atoms with Crippen LogP contribution < -0.4 is 0 Å². The quantitative estimate of drug-likeness (QED) is 0.365. The zero-order valence-corrected chi connectivity index (χ0v) is 6.64. The van der Waals surface area contributed by atoms with E-state index in [9.17, 15) is 14.9 Å². The Hall–Kier alpha value is -1.72. The van der Waals surface area contributed by atoms with Gasteiger partial charge in [-0.15, -0.1) is 0 Å². The molecule has 0 aliphatic carbocycles. The van der Waals surface area contributed by atoms with Crippen molar-refractivity contribution in [2.75, 3.05) is 0 Å². The van der Waals surface area contributed by atoms with Gasteiger partial charge >= 0.3 is 5.82 Å². The molecule has 0 aliphatic heterocycles. The van der Waals surface area contributed by atoms with Gasteiger partial charge in [-0.25, -0.2) is 0 Å². The molecule has 0 saturated heterocycles. The van der Waals surface area contributed by atoms with Crippen molar-refractivity contribution >= 4 is 12.1 Å². The average Bonchev–Trinajstić information content (AvgIpc) is 2.27. The zero-order chi connectivity index (χ0) is 9.30. The van der Waals surface area contributed by atoms with Crippen LogP contribution in [-0.2, 0) is 7.05 Å². The lowest BCUT2D eigenvalue weighted by molar-refractivity contribution is -0.390. The van der Waals surface area contributed by atoms with Crippen LogP contribution in [0.4, 0.5) is 5.82 Å². The van der Waals surface area contributed by atoms with Gasteiger partial charge in [-0.2, -0.15) is 4.68 Å². The van der Waals surface area contributed by atoms with Crippen LogP contribution in [0.15, 0.2) is 0 Å². The number of carbonyl (C=O) groups excluding carboxylic acids is 1. The average molecular weight is 169 g/mol. The fourth-order valence-electron chi connectivity index (χ4n) is 0.966. The number of aromatic nitrogens is 2. The van der Waals surface area contributed by atoms with Crippen LogP contribution in [0.2, 0.25) is 0 Å². The summed E-state index contributed by atoms with van der Waals surface area (Å²) in [5.41, 5.74) is 0.541. The van der Waals surface area contributed by atoms with Gasteiger partial charge in [-0.05, 0) is 11.8 Å². The van der Waals surface area contributed by atoms with Crippen molar-refractivity contribution in [1.82, 2.24) is 9.78 Å². The summed E-state index contributed by atoms with van der Waals surface area (Å²) in [5.74, 6) is -0.264. The van der Waals surface area contributed by atoms with Crippen molar-refractivity contribution in [1.29, 1.82) is 0 Å². The van der Waals surface area contributed by atoms with E-state index < -0.39 is 4.92 Å². The largest absolute Gasteiger partial charge is 0.393 e. The molecule has 1 aromatic rings. The predicted octanol–water partition coefficient (Wildman–Crippen LogP) is 0.449. The van der Waals surface area contributed by atoms with Gasteiger partial charge in [0, 0.05) is 0 Å². The summed E-state index contributed by atoms with van der Waals surface area (Å²) < 4.78 is 1.19. The summed E-state index contributed by atoms with van der Waals surface area (Å²) in [6, 6.07) is 0. The Kier molecular flexibility index (Phi) is 1.90. The van der Waals surface area contributed by atoms with E-state index >= 15 is 0 Å². The minimum Gasteiger partial charge on any atom is -0.358 e. The molecule has 6 heteroatoms. The van der Waals surface area contributed by atoms with Gasteiger partial charge in [0.05, 0.1) is 17.7 Å². The number of rotatable bonds is 2. The summed E-state index contributed by atoms with van der Waals surface area (Å²) in [6.45, 7) is 1.49. The maximum Gasteiger partial charge on any atom is 0.393 e. The first-order chi connectivity index (χ1) is 5.57. The minimum atomic E-state index is -0.609. The molecule has 12 heavy (non-hydrogen) atoms. The van der Waals surface area contributed by atoms with E-state index in [0.29, 0.717) is 11.8 Å². The molecule has 6 nitrogen and oxygen atoms in total. The fourth-order valence-corrected chi connectivity index (χ4v) is 0.966. The summed E-state index contributed by atoms with van der Waals surface area (Å²) in [4.78, 5) is 20.1. The SMILES string of the molecule is Cc1c([N+](=O)[O-])nn(C)c1C=O. The van der Waals surface area contributed by atoms with Gasteiger partial charge in [-0.3, -0.25) is 4.79 Å². The van der Waals surface area contributed by atoms with Crippen LogP contribution in [0.25, 0.3) is 0 Å². The second-order valence-electron chi connectivity index (χ2n) is 2.33. The van der Waals surface area contributed by atoms with Gasteiger partial charge < -0.3 is 10.1 Å². The van der Waals surface area contributed by atoms with E-state index in [1.807, 2.05) is 0 Å². The lowest BCUT2D eigenvalue weighted by atomic mass is 10.3. The first-order valence-corrected chi connectivity index (χ1v) is 3.21. The molecular weight excluding hydrogens is 162 g/mol. The van der Waals surface area contributed by atoms with E-state index in [0.717, 1.165) is 0 Å². The maximum atomic E-state index is 10.4. The Morgan fingerprint density at radius 2 is 2.25 bits per heavy atom. The van der Waals surface area contributed by atoms with Crippen molar-refractivity contribution in [3.8, 4) is 0 Å². The lowest BCUT2D eigenvalue weighted by Crippen LogP contribution is -1.96. The molecule has 0 saturated carbocycles. The smallest absolute Gasteiger partial charge is 0.358 e. The van der Waals surface area contributed by atoms with Gasteiger partial charge in [0.2, 0.25) is 0 Å². The molecule has 64 valence electrons. The van der Waals surface area contributed by atoms with Crippen molar-refractivity contribution in [2.24, 2.45) is 7.05 Å². The van der Waals surface area contributed by atoms with Gasteiger partial charge in [-0.1, -0.05) is 0 Å². The van der Waals surface area contributed by atoms with Crippen LogP contribution in [0.5, 0.6) is 0 Å². The first kappa shape index (κ1) is 8.38. The number of hydrogen-bond acceptors (Lipinski definition) is 4. The molecule has 0 atom stereocenters. The van der Waals surface area contributed by atoms with Crippen molar-refractivity contribution in [2.45, 2.75) is 6.92 Å². The summed E-state index contributed by atoms with van der Waals surface area (Å²) in [7, 11) is 1.49. The monoisotopic (exact) mass is 169 g/mol. The fraction of sp³-hybridized carbons (Fsp3) is 0.333. The van der Waals surface area contributed by atoms with E-state index in [4.69, 9.17) is 0 Å². The molecule has 0 aliphatic rings. The Labute approximate surface area is 67.9 Å². The zero-order valence-electron chi connectivity index (χ0n) is 6.64. The number of aryl methyl sites for hydroxylation is 1. The van der Waals surface area contributed by atoms with Crippen LogP contribution in [0.1, 0.15) is 16.1 Å². The second kappa shape index (κ2) is 2.72. The van der Waals surface area contributed by atoms with E-state index in [1.54, 1.807) is 0 Å². The number of nitro groups is 1. The molecule has 0 bridgehead atoms. The third-order valence-electron chi connectivity index (χ3n) is 1.60. The molecule has 0 aromatic carbocycles. The Morgan fingerprint density at radius 1 is 1.67 bits per heavy atom. The molecule has 0 N–H and O–H groups in total. The third kappa shape index (κ3) is 1.07. The van der Waals surface area contributed by atoms with Gasteiger partial charge in [0.25, 0.3) is 0 Å². The van der Waals surface area contributed by atoms with Gasteiger partial charge in [0.1, 0.15) is 5.69 Å².